The van der Waals surface area contributed by atoms with Gasteiger partial charge in [0.25, 0.3) is 0 Å². The molecule has 0 aromatic carbocycles. The van der Waals surface area contributed by atoms with Crippen molar-refractivity contribution in [2.24, 2.45) is 0 Å². The molecule has 2 amide bonds. The fraction of sp³-hybridized carbons (Fsp3) is 0.429. The third-order valence-corrected chi connectivity index (χ3v) is 4.34. The summed E-state index contributed by atoms with van der Waals surface area (Å²) in [5.74, 6) is 0.656. The number of carbonyl (C=O) groups is 1. The third kappa shape index (κ3) is 3.39. The van der Waals surface area contributed by atoms with Gasteiger partial charge < -0.3 is 14.7 Å². The Balaban J connectivity index is 1.91. The summed E-state index contributed by atoms with van der Waals surface area (Å²) >= 11 is 1.71. The highest BCUT2D eigenvalue weighted by Gasteiger charge is 2.18. The van der Waals surface area contributed by atoms with Gasteiger partial charge in [0, 0.05) is 22.9 Å². The minimum absolute atomic E-state index is 0.0464. The van der Waals surface area contributed by atoms with Crippen LogP contribution in [0.15, 0.2) is 22.7 Å². The quantitative estimate of drug-likeness (QED) is 0.941. The van der Waals surface area contributed by atoms with E-state index in [0.29, 0.717) is 12.3 Å². The Hall–Kier alpha value is -1.82. The van der Waals surface area contributed by atoms with Crippen LogP contribution in [0.1, 0.15) is 34.2 Å². The van der Waals surface area contributed by atoms with Crippen molar-refractivity contribution in [3.05, 3.63) is 39.4 Å². The Labute approximate surface area is 122 Å². The van der Waals surface area contributed by atoms with Crippen LogP contribution in [0.25, 0.3) is 0 Å². The van der Waals surface area contributed by atoms with Gasteiger partial charge in [0.05, 0.1) is 18.3 Å². The number of aryl methyl sites for hydroxylation is 2. The van der Waals surface area contributed by atoms with Crippen LogP contribution in [0, 0.1) is 13.8 Å². The van der Waals surface area contributed by atoms with E-state index in [-0.39, 0.29) is 12.1 Å². The van der Waals surface area contributed by atoms with Crippen LogP contribution in [0.3, 0.4) is 0 Å². The maximum atomic E-state index is 12.1. The lowest BCUT2D eigenvalue weighted by atomic mass is 10.2. The molecule has 2 heterocycles. The number of rotatable bonds is 4. The molecule has 0 fully saturated rings. The van der Waals surface area contributed by atoms with E-state index in [9.17, 15) is 4.79 Å². The smallest absolute Gasteiger partial charge is 0.318 e. The van der Waals surface area contributed by atoms with Crippen molar-refractivity contribution in [2.75, 3.05) is 7.05 Å². The molecule has 2 aromatic rings. The van der Waals surface area contributed by atoms with Crippen molar-refractivity contribution in [3.8, 4) is 0 Å². The van der Waals surface area contributed by atoms with Gasteiger partial charge in [0.1, 0.15) is 0 Å². The molecule has 0 saturated heterocycles. The maximum absolute atomic E-state index is 12.1. The SMILES string of the molecule is Cc1cc(CNC(=O)N(C)[C@H](C)c2ccc(C)s2)on1. The predicted molar refractivity (Wildman–Crippen MR) is 78.7 cm³/mol. The fourth-order valence-corrected chi connectivity index (χ4v) is 2.80. The standard InChI is InChI=1S/C14H19N3O2S/c1-9-7-12(19-16-9)8-15-14(18)17(4)11(3)13-6-5-10(2)20-13/h5-7,11H,8H2,1-4H3,(H,15,18)/t11-/m1/s1. The first-order valence-electron chi connectivity index (χ1n) is 6.46. The second kappa shape index (κ2) is 6.09. The summed E-state index contributed by atoms with van der Waals surface area (Å²) in [4.78, 5) is 16.2. The lowest BCUT2D eigenvalue weighted by molar-refractivity contribution is 0.193. The van der Waals surface area contributed by atoms with Gasteiger partial charge in [-0.3, -0.25) is 0 Å². The lowest BCUT2D eigenvalue weighted by Crippen LogP contribution is -2.38. The second-order valence-corrected chi connectivity index (χ2v) is 6.15. The molecule has 0 spiro atoms. The van der Waals surface area contributed by atoms with Crippen LogP contribution in [0.5, 0.6) is 0 Å². The maximum Gasteiger partial charge on any atom is 0.318 e. The number of thiophene rings is 1. The number of aromatic nitrogens is 1. The number of urea groups is 1. The minimum Gasteiger partial charge on any atom is -0.359 e. The molecule has 1 N–H and O–H groups in total. The van der Waals surface area contributed by atoms with E-state index in [1.54, 1.807) is 23.3 Å². The average molecular weight is 293 g/mol. The molecule has 2 rings (SSSR count). The monoisotopic (exact) mass is 293 g/mol. The van der Waals surface area contributed by atoms with Gasteiger partial charge in [-0.05, 0) is 32.9 Å². The van der Waals surface area contributed by atoms with E-state index in [1.807, 2.05) is 19.9 Å². The van der Waals surface area contributed by atoms with Crippen molar-refractivity contribution in [1.82, 2.24) is 15.4 Å². The van der Waals surface area contributed by atoms with Crippen LogP contribution >= 0.6 is 11.3 Å². The molecule has 0 aliphatic heterocycles. The Morgan fingerprint density at radius 2 is 2.25 bits per heavy atom. The molecule has 5 nitrogen and oxygen atoms in total. The van der Waals surface area contributed by atoms with Gasteiger partial charge in [-0.1, -0.05) is 5.16 Å². The molecule has 1 atom stereocenters. The summed E-state index contributed by atoms with van der Waals surface area (Å²) in [6.07, 6.45) is 0. The van der Waals surface area contributed by atoms with E-state index < -0.39 is 0 Å². The Kier molecular flexibility index (Phi) is 4.44. The molecular formula is C14H19N3O2S. The third-order valence-electron chi connectivity index (χ3n) is 3.16. The normalized spacial score (nSPS) is 12.2. The topological polar surface area (TPSA) is 58.4 Å². The molecule has 20 heavy (non-hydrogen) atoms. The molecule has 0 bridgehead atoms. The van der Waals surface area contributed by atoms with Crippen molar-refractivity contribution >= 4 is 17.4 Å². The number of nitrogens with one attached hydrogen (secondary N) is 1. The van der Waals surface area contributed by atoms with Crippen LogP contribution in [-0.4, -0.2) is 23.1 Å². The Morgan fingerprint density at radius 1 is 1.50 bits per heavy atom. The molecule has 0 saturated carbocycles. The van der Waals surface area contributed by atoms with Crippen molar-refractivity contribution < 1.29 is 9.32 Å². The number of hydrogen-bond acceptors (Lipinski definition) is 4. The summed E-state index contributed by atoms with van der Waals surface area (Å²) in [6.45, 7) is 6.28. The predicted octanol–water partition coefficient (Wildman–Crippen LogP) is 3.26. The van der Waals surface area contributed by atoms with E-state index in [1.165, 1.54) is 9.75 Å². The van der Waals surface area contributed by atoms with E-state index >= 15 is 0 Å². The largest absolute Gasteiger partial charge is 0.359 e. The number of hydrogen-bond donors (Lipinski definition) is 1. The molecule has 0 aliphatic carbocycles. The Bertz CT molecular complexity index is 591. The zero-order valence-corrected chi connectivity index (χ0v) is 13.0. The van der Waals surface area contributed by atoms with Crippen LogP contribution in [0.2, 0.25) is 0 Å². The van der Waals surface area contributed by atoms with Crippen molar-refractivity contribution in [3.63, 3.8) is 0 Å². The first-order chi connectivity index (χ1) is 9.47. The van der Waals surface area contributed by atoms with Gasteiger partial charge in [-0.2, -0.15) is 0 Å². The highest BCUT2D eigenvalue weighted by Crippen LogP contribution is 2.26. The minimum atomic E-state index is -0.127. The summed E-state index contributed by atoms with van der Waals surface area (Å²) in [6, 6.07) is 5.86. The molecular weight excluding hydrogens is 274 g/mol. The fourth-order valence-electron chi connectivity index (χ4n) is 1.83. The number of nitrogens with zero attached hydrogens (tertiary/aromatic N) is 2. The first kappa shape index (κ1) is 14.6. The van der Waals surface area contributed by atoms with Crippen molar-refractivity contribution in [1.29, 1.82) is 0 Å². The zero-order chi connectivity index (χ0) is 14.7. The summed E-state index contributed by atoms with van der Waals surface area (Å²) < 4.78 is 5.06. The van der Waals surface area contributed by atoms with Gasteiger partial charge in [-0.25, -0.2) is 4.79 Å². The molecule has 0 aliphatic rings. The first-order valence-corrected chi connectivity index (χ1v) is 7.28. The van der Waals surface area contributed by atoms with E-state index in [0.717, 1.165) is 5.69 Å². The molecule has 6 heteroatoms. The van der Waals surface area contributed by atoms with Crippen LogP contribution < -0.4 is 5.32 Å². The van der Waals surface area contributed by atoms with Crippen LogP contribution in [-0.2, 0) is 6.54 Å². The highest BCUT2D eigenvalue weighted by atomic mass is 32.1. The van der Waals surface area contributed by atoms with Gasteiger partial charge in [0.2, 0.25) is 0 Å². The molecule has 0 radical (unpaired) electrons. The average Bonchev–Trinajstić information content (AvgIpc) is 3.03. The Morgan fingerprint density at radius 3 is 2.80 bits per heavy atom. The number of amides is 2. The summed E-state index contributed by atoms with van der Waals surface area (Å²) in [7, 11) is 1.79. The van der Waals surface area contributed by atoms with E-state index in [2.05, 4.69) is 29.5 Å². The summed E-state index contributed by atoms with van der Waals surface area (Å²) in [5.41, 5.74) is 0.810. The van der Waals surface area contributed by atoms with Crippen molar-refractivity contribution in [2.45, 2.75) is 33.4 Å². The lowest BCUT2D eigenvalue weighted by Gasteiger charge is -2.24. The van der Waals surface area contributed by atoms with Gasteiger partial charge in [0.15, 0.2) is 5.76 Å². The zero-order valence-electron chi connectivity index (χ0n) is 12.1. The second-order valence-electron chi connectivity index (χ2n) is 4.83. The molecule has 108 valence electrons. The molecule has 2 aromatic heterocycles. The van der Waals surface area contributed by atoms with Crippen LogP contribution in [0.4, 0.5) is 4.79 Å². The van der Waals surface area contributed by atoms with Gasteiger partial charge >= 0.3 is 6.03 Å². The van der Waals surface area contributed by atoms with Gasteiger partial charge in [-0.15, -0.1) is 11.3 Å². The number of carbonyl (C=O) groups excluding carboxylic acids is 1. The molecule has 0 unspecified atom stereocenters. The van der Waals surface area contributed by atoms with E-state index in [4.69, 9.17) is 4.52 Å². The highest BCUT2D eigenvalue weighted by molar-refractivity contribution is 7.12. The summed E-state index contributed by atoms with van der Waals surface area (Å²) in [5, 5.41) is 6.61.